The largest absolute Gasteiger partial charge is 0.309 e. The molecule has 1 aromatic rings. The maximum atomic E-state index is 13.4. The van der Waals surface area contributed by atoms with Crippen LogP contribution in [0.3, 0.4) is 0 Å². The lowest BCUT2D eigenvalue weighted by Crippen LogP contribution is -2.24. The Morgan fingerprint density at radius 2 is 2.11 bits per heavy atom. The Bertz CT molecular complexity index is 442. The van der Waals surface area contributed by atoms with E-state index in [9.17, 15) is 8.60 Å². The molecule has 0 amide bonds. The molecule has 2 atom stereocenters. The van der Waals surface area contributed by atoms with Crippen LogP contribution in [-0.4, -0.2) is 22.3 Å². The highest BCUT2D eigenvalue weighted by molar-refractivity contribution is 7.84. The van der Waals surface area contributed by atoms with Crippen LogP contribution >= 0.6 is 23.2 Å². The van der Waals surface area contributed by atoms with E-state index in [0.29, 0.717) is 28.6 Å². The van der Waals surface area contributed by atoms with Crippen LogP contribution in [0.15, 0.2) is 12.1 Å². The molecule has 2 nitrogen and oxygen atoms in total. The molecule has 102 valence electrons. The van der Waals surface area contributed by atoms with Gasteiger partial charge >= 0.3 is 0 Å². The predicted octanol–water partition coefficient (Wildman–Crippen LogP) is 3.55. The monoisotopic (exact) mass is 311 g/mol. The normalized spacial score (nSPS) is 14.5. The third kappa shape index (κ3) is 4.19. The Balaban J connectivity index is 2.70. The summed E-state index contributed by atoms with van der Waals surface area (Å²) in [7, 11) is -0.817. The van der Waals surface area contributed by atoms with E-state index in [2.05, 4.69) is 5.32 Å². The van der Waals surface area contributed by atoms with Gasteiger partial charge in [0.05, 0.1) is 5.02 Å². The van der Waals surface area contributed by atoms with Crippen molar-refractivity contribution in [1.82, 2.24) is 5.32 Å². The molecule has 0 bridgehead atoms. The Kier molecular flexibility index (Phi) is 6.57. The summed E-state index contributed by atoms with van der Waals surface area (Å²) in [5.41, 5.74) is 0.542. The SMILES string of the molecule is CCS(=O)CCNC(C)c1c(Cl)ccc(F)c1Cl. The van der Waals surface area contributed by atoms with Crippen molar-refractivity contribution in [3.8, 4) is 0 Å². The minimum atomic E-state index is -0.817. The van der Waals surface area contributed by atoms with Crippen molar-refractivity contribution < 1.29 is 8.60 Å². The highest BCUT2D eigenvalue weighted by Crippen LogP contribution is 2.32. The molecular weight excluding hydrogens is 296 g/mol. The van der Waals surface area contributed by atoms with Gasteiger partial charge in [-0.25, -0.2) is 4.39 Å². The van der Waals surface area contributed by atoms with Crippen molar-refractivity contribution in [2.45, 2.75) is 19.9 Å². The topological polar surface area (TPSA) is 29.1 Å². The fourth-order valence-electron chi connectivity index (χ4n) is 1.58. The molecule has 18 heavy (non-hydrogen) atoms. The number of hydrogen-bond acceptors (Lipinski definition) is 2. The van der Waals surface area contributed by atoms with Gasteiger partial charge in [0.15, 0.2) is 0 Å². The van der Waals surface area contributed by atoms with Crippen molar-refractivity contribution in [3.05, 3.63) is 33.6 Å². The molecule has 0 aliphatic carbocycles. The zero-order valence-corrected chi connectivity index (χ0v) is 12.6. The molecule has 1 aromatic carbocycles. The lowest BCUT2D eigenvalue weighted by molar-refractivity contribution is 0.583. The third-order valence-electron chi connectivity index (χ3n) is 2.61. The Morgan fingerprint density at radius 1 is 1.44 bits per heavy atom. The van der Waals surface area contributed by atoms with Crippen LogP contribution < -0.4 is 5.32 Å². The second-order valence-electron chi connectivity index (χ2n) is 3.87. The van der Waals surface area contributed by atoms with Crippen molar-refractivity contribution in [2.75, 3.05) is 18.1 Å². The first kappa shape index (κ1) is 15.9. The molecular formula is C12H16Cl2FNOS. The number of rotatable bonds is 6. The molecule has 1 rings (SSSR count). The van der Waals surface area contributed by atoms with Crippen molar-refractivity contribution >= 4 is 34.0 Å². The van der Waals surface area contributed by atoms with E-state index in [1.165, 1.54) is 12.1 Å². The number of nitrogens with one attached hydrogen (secondary N) is 1. The predicted molar refractivity (Wildman–Crippen MR) is 76.4 cm³/mol. The molecule has 0 spiro atoms. The molecule has 0 aliphatic rings. The molecule has 0 radical (unpaired) electrons. The average Bonchev–Trinajstić information content (AvgIpc) is 2.34. The van der Waals surface area contributed by atoms with Gasteiger partial charge in [-0.1, -0.05) is 30.1 Å². The van der Waals surface area contributed by atoms with Crippen molar-refractivity contribution in [1.29, 1.82) is 0 Å². The Labute approximate surface area is 119 Å². The summed E-state index contributed by atoms with van der Waals surface area (Å²) in [6, 6.07) is 2.54. The minimum Gasteiger partial charge on any atom is -0.309 e. The fourth-order valence-corrected chi connectivity index (χ4v) is 2.91. The van der Waals surface area contributed by atoms with Gasteiger partial charge in [-0.2, -0.15) is 0 Å². The maximum Gasteiger partial charge on any atom is 0.142 e. The smallest absolute Gasteiger partial charge is 0.142 e. The molecule has 0 saturated carbocycles. The molecule has 0 aliphatic heterocycles. The zero-order valence-electron chi connectivity index (χ0n) is 10.3. The quantitative estimate of drug-likeness (QED) is 0.814. The van der Waals surface area contributed by atoms with Crippen LogP contribution in [-0.2, 0) is 10.8 Å². The summed E-state index contributed by atoms with van der Waals surface area (Å²) in [6.45, 7) is 4.30. The molecule has 6 heteroatoms. The highest BCUT2D eigenvalue weighted by Gasteiger charge is 2.16. The van der Waals surface area contributed by atoms with Crippen LogP contribution in [0.2, 0.25) is 10.0 Å². The maximum absolute atomic E-state index is 13.4. The van der Waals surface area contributed by atoms with Gasteiger partial charge in [-0.15, -0.1) is 0 Å². The van der Waals surface area contributed by atoms with Crippen molar-refractivity contribution in [3.63, 3.8) is 0 Å². The van der Waals surface area contributed by atoms with Crippen LogP contribution in [0.4, 0.5) is 4.39 Å². The molecule has 0 fully saturated rings. The third-order valence-corrected chi connectivity index (χ3v) is 4.63. The van der Waals surface area contributed by atoms with Crippen LogP contribution in [0.5, 0.6) is 0 Å². The summed E-state index contributed by atoms with van der Waals surface area (Å²) in [5.74, 6) is 0.713. The fraction of sp³-hybridized carbons (Fsp3) is 0.500. The van der Waals surface area contributed by atoms with Crippen LogP contribution in [0, 0.1) is 5.82 Å². The van der Waals surface area contributed by atoms with Gasteiger partial charge < -0.3 is 5.32 Å². The second kappa shape index (κ2) is 7.43. The second-order valence-corrected chi connectivity index (χ2v) is 6.52. The van der Waals surface area contributed by atoms with E-state index in [1.807, 2.05) is 13.8 Å². The van der Waals surface area contributed by atoms with Crippen LogP contribution in [0.25, 0.3) is 0 Å². The van der Waals surface area contributed by atoms with E-state index in [1.54, 1.807) is 0 Å². The van der Waals surface area contributed by atoms with E-state index >= 15 is 0 Å². The number of benzene rings is 1. The first-order valence-corrected chi connectivity index (χ1v) is 7.93. The van der Waals surface area contributed by atoms with E-state index in [0.717, 1.165) is 0 Å². The van der Waals surface area contributed by atoms with E-state index in [4.69, 9.17) is 23.2 Å². The standard InChI is InChI=1S/C12H16Cl2FNOS/c1-3-18(17)7-6-16-8(2)11-9(13)4-5-10(15)12(11)14/h4-5,8,16H,3,6-7H2,1-2H3. The summed E-state index contributed by atoms with van der Waals surface area (Å²) in [6.07, 6.45) is 0. The van der Waals surface area contributed by atoms with Gasteiger partial charge in [-0.05, 0) is 19.1 Å². The van der Waals surface area contributed by atoms with E-state index < -0.39 is 16.6 Å². The summed E-state index contributed by atoms with van der Waals surface area (Å²) in [5, 5.41) is 3.61. The van der Waals surface area contributed by atoms with Gasteiger partial charge in [0.25, 0.3) is 0 Å². The number of hydrogen-bond donors (Lipinski definition) is 1. The van der Waals surface area contributed by atoms with Crippen LogP contribution in [0.1, 0.15) is 25.5 Å². The molecule has 0 heterocycles. The lowest BCUT2D eigenvalue weighted by atomic mass is 10.1. The van der Waals surface area contributed by atoms with Gasteiger partial charge in [0, 0.05) is 45.5 Å². The van der Waals surface area contributed by atoms with Crippen molar-refractivity contribution in [2.24, 2.45) is 0 Å². The zero-order chi connectivity index (χ0) is 13.7. The average molecular weight is 312 g/mol. The Hall–Kier alpha value is -0.160. The first-order chi connectivity index (χ1) is 8.47. The Morgan fingerprint density at radius 3 is 2.72 bits per heavy atom. The summed E-state index contributed by atoms with van der Waals surface area (Å²) >= 11 is 11.9. The summed E-state index contributed by atoms with van der Waals surface area (Å²) < 4.78 is 24.6. The minimum absolute atomic E-state index is 0.0408. The van der Waals surface area contributed by atoms with Gasteiger partial charge in [0.2, 0.25) is 0 Å². The van der Waals surface area contributed by atoms with E-state index in [-0.39, 0.29) is 11.1 Å². The summed E-state index contributed by atoms with van der Waals surface area (Å²) in [4.78, 5) is 0. The lowest BCUT2D eigenvalue weighted by Gasteiger charge is -2.17. The molecule has 1 N–H and O–H groups in total. The molecule has 0 aromatic heterocycles. The number of halogens is 3. The molecule has 0 saturated heterocycles. The van der Waals surface area contributed by atoms with Gasteiger partial charge in [0.1, 0.15) is 5.82 Å². The van der Waals surface area contributed by atoms with Gasteiger partial charge in [-0.3, -0.25) is 4.21 Å². The first-order valence-electron chi connectivity index (χ1n) is 5.69. The molecule has 2 unspecified atom stereocenters. The highest BCUT2D eigenvalue weighted by atomic mass is 35.5.